The first-order valence-electron chi connectivity index (χ1n) is 6.34. The van der Waals surface area contributed by atoms with Gasteiger partial charge < -0.3 is 19.5 Å². The molecule has 5 heteroatoms. The van der Waals surface area contributed by atoms with E-state index in [4.69, 9.17) is 14.2 Å². The van der Waals surface area contributed by atoms with Crippen LogP contribution in [0.1, 0.15) is 19.8 Å². The SMILES string of the molecule is C=C(CNCCCCOCCOC)C(=O)OCC. The molecule has 0 radical (unpaired) electrons. The van der Waals surface area contributed by atoms with E-state index in [1.54, 1.807) is 14.0 Å². The summed E-state index contributed by atoms with van der Waals surface area (Å²) in [6.45, 7) is 9.16. The van der Waals surface area contributed by atoms with Crippen LogP contribution in [-0.4, -0.2) is 52.6 Å². The summed E-state index contributed by atoms with van der Waals surface area (Å²) in [6, 6.07) is 0. The maximum Gasteiger partial charge on any atom is 0.334 e. The molecule has 0 aliphatic rings. The second-order valence-corrected chi connectivity index (χ2v) is 3.81. The predicted molar refractivity (Wildman–Crippen MR) is 70.6 cm³/mol. The molecule has 0 spiro atoms. The van der Waals surface area contributed by atoms with Gasteiger partial charge in [0, 0.05) is 25.8 Å². The van der Waals surface area contributed by atoms with Crippen LogP contribution in [0.4, 0.5) is 0 Å². The number of nitrogens with one attached hydrogen (secondary N) is 1. The summed E-state index contributed by atoms with van der Waals surface area (Å²) in [5.41, 5.74) is 0.466. The normalized spacial score (nSPS) is 10.3. The molecule has 0 unspecified atom stereocenters. The standard InChI is InChI=1S/C13H25NO4/c1-4-18-13(15)12(2)11-14-7-5-6-8-17-10-9-16-3/h14H,2,4-11H2,1,3H3. The van der Waals surface area contributed by atoms with Gasteiger partial charge in [0.2, 0.25) is 0 Å². The van der Waals surface area contributed by atoms with Crippen molar-refractivity contribution in [1.29, 1.82) is 0 Å². The maximum atomic E-state index is 11.2. The van der Waals surface area contributed by atoms with Crippen LogP contribution >= 0.6 is 0 Å². The van der Waals surface area contributed by atoms with Crippen LogP contribution in [0.25, 0.3) is 0 Å². The van der Waals surface area contributed by atoms with Gasteiger partial charge in [0.15, 0.2) is 0 Å². The molecule has 0 fully saturated rings. The lowest BCUT2D eigenvalue weighted by Crippen LogP contribution is -2.23. The van der Waals surface area contributed by atoms with E-state index in [-0.39, 0.29) is 5.97 Å². The topological polar surface area (TPSA) is 56.8 Å². The summed E-state index contributed by atoms with van der Waals surface area (Å²) in [4.78, 5) is 11.2. The lowest BCUT2D eigenvalue weighted by atomic mass is 10.3. The lowest BCUT2D eigenvalue weighted by Gasteiger charge is -2.07. The van der Waals surface area contributed by atoms with Gasteiger partial charge in [0.1, 0.15) is 0 Å². The van der Waals surface area contributed by atoms with Crippen molar-refractivity contribution in [2.75, 3.05) is 46.6 Å². The molecule has 0 heterocycles. The monoisotopic (exact) mass is 259 g/mol. The Bertz CT molecular complexity index is 231. The molecule has 0 bridgehead atoms. The molecule has 0 amide bonds. The van der Waals surface area contributed by atoms with Gasteiger partial charge in [0.25, 0.3) is 0 Å². The molecule has 106 valence electrons. The minimum atomic E-state index is -0.326. The zero-order valence-corrected chi connectivity index (χ0v) is 11.5. The molecule has 0 atom stereocenters. The Morgan fingerprint density at radius 2 is 2.00 bits per heavy atom. The van der Waals surface area contributed by atoms with Crippen LogP contribution in [0.5, 0.6) is 0 Å². The third-order valence-electron chi connectivity index (χ3n) is 2.23. The van der Waals surface area contributed by atoms with Crippen LogP contribution in [0.2, 0.25) is 0 Å². The Balaban J connectivity index is 3.25. The summed E-state index contributed by atoms with van der Waals surface area (Å²) in [5.74, 6) is -0.326. The van der Waals surface area contributed by atoms with E-state index in [1.165, 1.54) is 0 Å². The molecule has 0 aromatic carbocycles. The number of methoxy groups -OCH3 is 1. The fourth-order valence-corrected chi connectivity index (χ4v) is 1.24. The number of esters is 1. The van der Waals surface area contributed by atoms with Gasteiger partial charge in [-0.15, -0.1) is 0 Å². The molecule has 0 rings (SSSR count). The van der Waals surface area contributed by atoms with Gasteiger partial charge in [0.05, 0.1) is 19.8 Å². The van der Waals surface area contributed by atoms with Gasteiger partial charge in [-0.25, -0.2) is 4.79 Å². The van der Waals surface area contributed by atoms with Crippen LogP contribution in [0.15, 0.2) is 12.2 Å². The van der Waals surface area contributed by atoms with Crippen molar-refractivity contribution in [3.63, 3.8) is 0 Å². The van der Waals surface area contributed by atoms with Gasteiger partial charge in [-0.1, -0.05) is 6.58 Å². The predicted octanol–water partition coefficient (Wildman–Crippen LogP) is 1.14. The number of hydrogen-bond acceptors (Lipinski definition) is 5. The minimum absolute atomic E-state index is 0.326. The number of unbranched alkanes of at least 4 members (excludes halogenated alkanes) is 1. The van der Waals surface area contributed by atoms with Gasteiger partial charge in [-0.05, 0) is 26.3 Å². The highest BCUT2D eigenvalue weighted by atomic mass is 16.5. The average Bonchev–Trinajstić information content (AvgIpc) is 2.36. The molecular formula is C13H25NO4. The van der Waals surface area contributed by atoms with E-state index in [2.05, 4.69) is 11.9 Å². The van der Waals surface area contributed by atoms with Crippen LogP contribution in [-0.2, 0) is 19.0 Å². The van der Waals surface area contributed by atoms with Gasteiger partial charge >= 0.3 is 5.97 Å². The van der Waals surface area contributed by atoms with Crippen molar-refractivity contribution in [2.24, 2.45) is 0 Å². The molecule has 18 heavy (non-hydrogen) atoms. The quantitative estimate of drug-likeness (QED) is 0.323. The second-order valence-electron chi connectivity index (χ2n) is 3.81. The third-order valence-corrected chi connectivity index (χ3v) is 2.23. The number of hydrogen-bond donors (Lipinski definition) is 1. The number of carbonyl (C=O) groups is 1. The van der Waals surface area contributed by atoms with Crippen LogP contribution in [0.3, 0.4) is 0 Å². The first-order valence-corrected chi connectivity index (χ1v) is 6.34. The van der Waals surface area contributed by atoms with Crippen LogP contribution < -0.4 is 5.32 Å². The van der Waals surface area contributed by atoms with E-state index in [0.717, 1.165) is 26.0 Å². The van der Waals surface area contributed by atoms with E-state index >= 15 is 0 Å². The summed E-state index contributed by atoms with van der Waals surface area (Å²) in [6.07, 6.45) is 1.99. The Labute approximate surface area is 109 Å². The van der Waals surface area contributed by atoms with E-state index in [1.807, 2.05) is 0 Å². The molecule has 0 saturated carbocycles. The minimum Gasteiger partial charge on any atom is -0.463 e. The van der Waals surface area contributed by atoms with Crippen molar-refractivity contribution in [1.82, 2.24) is 5.32 Å². The molecule has 1 N–H and O–H groups in total. The Hall–Kier alpha value is -0.910. The first kappa shape index (κ1) is 17.1. The molecule has 0 aromatic heterocycles. The highest BCUT2D eigenvalue weighted by molar-refractivity contribution is 5.88. The van der Waals surface area contributed by atoms with Crippen molar-refractivity contribution in [3.8, 4) is 0 Å². The van der Waals surface area contributed by atoms with Crippen molar-refractivity contribution in [3.05, 3.63) is 12.2 Å². The first-order chi connectivity index (χ1) is 8.72. The number of ether oxygens (including phenoxy) is 3. The number of rotatable bonds is 12. The van der Waals surface area contributed by atoms with Gasteiger partial charge in [-0.2, -0.15) is 0 Å². The summed E-state index contributed by atoms with van der Waals surface area (Å²) in [7, 11) is 1.66. The highest BCUT2D eigenvalue weighted by Gasteiger charge is 2.05. The highest BCUT2D eigenvalue weighted by Crippen LogP contribution is 1.94. The maximum absolute atomic E-state index is 11.2. The van der Waals surface area contributed by atoms with Crippen molar-refractivity contribution >= 4 is 5.97 Å². The van der Waals surface area contributed by atoms with Crippen molar-refractivity contribution in [2.45, 2.75) is 19.8 Å². The zero-order chi connectivity index (χ0) is 13.6. The van der Waals surface area contributed by atoms with E-state index in [0.29, 0.717) is 31.9 Å². The molecule has 0 aromatic rings. The Kier molecular flexibility index (Phi) is 11.9. The third kappa shape index (κ3) is 10.3. The van der Waals surface area contributed by atoms with E-state index in [9.17, 15) is 4.79 Å². The number of carbonyl (C=O) groups excluding carboxylic acids is 1. The Morgan fingerprint density at radius 3 is 2.67 bits per heavy atom. The van der Waals surface area contributed by atoms with Crippen molar-refractivity contribution < 1.29 is 19.0 Å². The van der Waals surface area contributed by atoms with Gasteiger partial charge in [-0.3, -0.25) is 0 Å². The average molecular weight is 259 g/mol. The fourth-order valence-electron chi connectivity index (χ4n) is 1.24. The van der Waals surface area contributed by atoms with E-state index < -0.39 is 0 Å². The largest absolute Gasteiger partial charge is 0.463 e. The second kappa shape index (κ2) is 12.5. The fraction of sp³-hybridized carbons (Fsp3) is 0.769. The molecule has 0 aliphatic carbocycles. The molecule has 5 nitrogen and oxygen atoms in total. The smallest absolute Gasteiger partial charge is 0.334 e. The summed E-state index contributed by atoms with van der Waals surface area (Å²) < 4.78 is 15.0. The zero-order valence-electron chi connectivity index (χ0n) is 11.5. The molecule has 0 aliphatic heterocycles. The Morgan fingerprint density at radius 1 is 1.22 bits per heavy atom. The molecule has 0 saturated heterocycles. The molecular weight excluding hydrogens is 234 g/mol. The summed E-state index contributed by atoms with van der Waals surface area (Å²) >= 11 is 0. The lowest BCUT2D eigenvalue weighted by molar-refractivity contribution is -0.138. The summed E-state index contributed by atoms with van der Waals surface area (Å²) in [5, 5.41) is 3.15. The van der Waals surface area contributed by atoms with Crippen LogP contribution in [0, 0.1) is 0 Å².